The van der Waals surface area contributed by atoms with Gasteiger partial charge in [0.2, 0.25) is 0 Å². The number of benzene rings is 1. The lowest BCUT2D eigenvalue weighted by Gasteiger charge is -2.19. The molecule has 8 nitrogen and oxygen atoms in total. The first-order valence-electron chi connectivity index (χ1n) is 9.02. The summed E-state index contributed by atoms with van der Waals surface area (Å²) in [5, 5.41) is 0. The first-order valence-corrected chi connectivity index (χ1v) is 10.4. The molecule has 0 spiro atoms. The number of hydrogen-bond acceptors (Lipinski definition) is 8. The van der Waals surface area contributed by atoms with E-state index in [0.29, 0.717) is 25.4 Å². The maximum Gasteiger partial charge on any atom is 0.332 e. The molecular formula is C19H30O8S. The summed E-state index contributed by atoms with van der Waals surface area (Å²) in [5.41, 5.74) is 0.0998. The molecule has 0 atom stereocenters. The number of carbonyl (C=O) groups excluding carboxylic acids is 1. The molecule has 9 heteroatoms. The number of aryl methyl sites for hydroxylation is 1. The Morgan fingerprint density at radius 1 is 0.893 bits per heavy atom. The summed E-state index contributed by atoms with van der Waals surface area (Å²) < 4.78 is 49.9. The molecule has 1 rings (SSSR count). The van der Waals surface area contributed by atoms with Crippen LogP contribution in [0.2, 0.25) is 0 Å². The molecule has 0 radical (unpaired) electrons. The topological polar surface area (TPSA) is 97.4 Å². The Balaban J connectivity index is 2.01. The minimum atomic E-state index is -3.78. The SMILES string of the molecule is Cc1ccccc1S(=O)(=O)OCCOCCOCCOCC(=O)OC(C)(C)C. The summed E-state index contributed by atoms with van der Waals surface area (Å²) in [6, 6.07) is 6.62. The summed E-state index contributed by atoms with van der Waals surface area (Å²) in [6.45, 7) is 8.19. The van der Waals surface area contributed by atoms with Crippen LogP contribution in [-0.2, 0) is 38.0 Å². The Morgan fingerprint density at radius 3 is 2.00 bits per heavy atom. The highest BCUT2D eigenvalue weighted by Gasteiger charge is 2.17. The van der Waals surface area contributed by atoms with Gasteiger partial charge in [0.25, 0.3) is 10.1 Å². The largest absolute Gasteiger partial charge is 0.458 e. The van der Waals surface area contributed by atoms with E-state index in [4.69, 9.17) is 23.1 Å². The fraction of sp³-hybridized carbons (Fsp3) is 0.632. The Labute approximate surface area is 167 Å². The van der Waals surface area contributed by atoms with Crippen LogP contribution in [-0.4, -0.2) is 66.2 Å². The summed E-state index contributed by atoms with van der Waals surface area (Å²) in [6.07, 6.45) is 0. The highest BCUT2D eigenvalue weighted by molar-refractivity contribution is 7.86. The number of carbonyl (C=O) groups is 1. The molecule has 0 aromatic heterocycles. The molecule has 0 unspecified atom stereocenters. The highest BCUT2D eigenvalue weighted by atomic mass is 32.2. The van der Waals surface area contributed by atoms with Crippen molar-refractivity contribution in [1.29, 1.82) is 0 Å². The molecule has 1 aromatic rings. The van der Waals surface area contributed by atoms with Crippen molar-refractivity contribution in [3.05, 3.63) is 29.8 Å². The second-order valence-electron chi connectivity index (χ2n) is 6.91. The standard InChI is InChI=1S/C19H30O8S/c1-16-7-5-6-8-17(16)28(21,22)26-14-13-24-10-9-23-11-12-25-15-18(20)27-19(2,3)4/h5-8H,9-15H2,1-4H3. The van der Waals surface area contributed by atoms with Gasteiger partial charge in [0.05, 0.1) is 44.5 Å². The van der Waals surface area contributed by atoms with Crippen molar-refractivity contribution in [2.24, 2.45) is 0 Å². The molecule has 0 aliphatic rings. The minimum absolute atomic E-state index is 0.0737. The number of ether oxygens (including phenoxy) is 4. The number of hydrogen-bond donors (Lipinski definition) is 0. The van der Waals surface area contributed by atoms with Crippen LogP contribution in [0.3, 0.4) is 0 Å². The third-order valence-corrected chi connectivity index (χ3v) is 4.69. The van der Waals surface area contributed by atoms with E-state index in [2.05, 4.69) is 0 Å². The van der Waals surface area contributed by atoms with Crippen molar-refractivity contribution in [2.45, 2.75) is 38.2 Å². The number of rotatable bonds is 13. The predicted octanol–water partition coefficient (Wildman–Crippen LogP) is 2.09. The van der Waals surface area contributed by atoms with Crippen LogP contribution < -0.4 is 0 Å². The zero-order valence-electron chi connectivity index (χ0n) is 16.9. The Morgan fingerprint density at radius 2 is 1.43 bits per heavy atom. The minimum Gasteiger partial charge on any atom is -0.458 e. The van der Waals surface area contributed by atoms with E-state index in [0.717, 1.165) is 0 Å². The van der Waals surface area contributed by atoms with Crippen LogP contribution in [0.25, 0.3) is 0 Å². The summed E-state index contributed by atoms with van der Waals surface area (Å²) in [5.74, 6) is -0.420. The lowest BCUT2D eigenvalue weighted by Crippen LogP contribution is -2.27. The van der Waals surface area contributed by atoms with Gasteiger partial charge in [-0.1, -0.05) is 18.2 Å². The average Bonchev–Trinajstić information content (AvgIpc) is 2.58. The smallest absolute Gasteiger partial charge is 0.332 e. The van der Waals surface area contributed by atoms with E-state index in [1.807, 2.05) is 0 Å². The normalized spacial score (nSPS) is 12.1. The van der Waals surface area contributed by atoms with Gasteiger partial charge in [-0.05, 0) is 39.3 Å². The summed E-state index contributed by atoms with van der Waals surface area (Å²) in [7, 11) is -3.78. The zero-order chi connectivity index (χ0) is 21.0. The van der Waals surface area contributed by atoms with E-state index in [-0.39, 0.29) is 31.3 Å². The van der Waals surface area contributed by atoms with Crippen LogP contribution in [0.15, 0.2) is 29.2 Å². The van der Waals surface area contributed by atoms with E-state index in [1.165, 1.54) is 6.07 Å². The second kappa shape index (κ2) is 12.1. The summed E-state index contributed by atoms with van der Waals surface area (Å²) >= 11 is 0. The van der Waals surface area contributed by atoms with E-state index >= 15 is 0 Å². The zero-order valence-corrected chi connectivity index (χ0v) is 17.7. The highest BCUT2D eigenvalue weighted by Crippen LogP contribution is 2.16. The van der Waals surface area contributed by atoms with Gasteiger partial charge >= 0.3 is 5.97 Å². The predicted molar refractivity (Wildman–Crippen MR) is 103 cm³/mol. The van der Waals surface area contributed by atoms with Crippen molar-refractivity contribution in [3.63, 3.8) is 0 Å². The maximum atomic E-state index is 12.1. The average molecular weight is 419 g/mol. The van der Waals surface area contributed by atoms with Crippen LogP contribution in [0.1, 0.15) is 26.3 Å². The van der Waals surface area contributed by atoms with Crippen molar-refractivity contribution in [1.82, 2.24) is 0 Å². The van der Waals surface area contributed by atoms with Gasteiger partial charge in [-0.15, -0.1) is 0 Å². The molecule has 160 valence electrons. The third-order valence-electron chi connectivity index (χ3n) is 3.21. The van der Waals surface area contributed by atoms with Crippen molar-refractivity contribution in [3.8, 4) is 0 Å². The van der Waals surface area contributed by atoms with Crippen molar-refractivity contribution >= 4 is 16.1 Å². The Hall–Kier alpha value is -1.52. The van der Waals surface area contributed by atoms with Gasteiger partial charge in [0.15, 0.2) is 0 Å². The monoisotopic (exact) mass is 418 g/mol. The van der Waals surface area contributed by atoms with Gasteiger partial charge < -0.3 is 18.9 Å². The van der Waals surface area contributed by atoms with Crippen LogP contribution in [0.5, 0.6) is 0 Å². The van der Waals surface area contributed by atoms with Gasteiger partial charge in [-0.25, -0.2) is 4.79 Å². The lowest BCUT2D eigenvalue weighted by molar-refractivity contribution is -0.160. The molecule has 0 saturated heterocycles. The van der Waals surface area contributed by atoms with Gasteiger partial charge in [0.1, 0.15) is 12.2 Å². The second-order valence-corrected chi connectivity index (χ2v) is 8.49. The van der Waals surface area contributed by atoms with Gasteiger partial charge in [-0.2, -0.15) is 8.42 Å². The molecule has 28 heavy (non-hydrogen) atoms. The van der Waals surface area contributed by atoms with Crippen LogP contribution >= 0.6 is 0 Å². The molecule has 0 bridgehead atoms. The Kier molecular flexibility index (Phi) is 10.6. The van der Waals surface area contributed by atoms with E-state index in [9.17, 15) is 13.2 Å². The van der Waals surface area contributed by atoms with Gasteiger partial charge in [0, 0.05) is 0 Å². The third kappa shape index (κ3) is 10.7. The summed E-state index contributed by atoms with van der Waals surface area (Å²) in [4.78, 5) is 11.6. The van der Waals surface area contributed by atoms with Crippen molar-refractivity contribution in [2.75, 3.05) is 46.2 Å². The first-order chi connectivity index (χ1) is 13.1. The molecule has 0 aliphatic carbocycles. The fourth-order valence-corrected chi connectivity index (χ4v) is 3.19. The van der Waals surface area contributed by atoms with Gasteiger partial charge in [-0.3, -0.25) is 4.18 Å². The fourth-order valence-electron chi connectivity index (χ4n) is 2.07. The molecule has 0 heterocycles. The first kappa shape index (κ1) is 24.5. The molecule has 0 saturated carbocycles. The van der Waals surface area contributed by atoms with Crippen LogP contribution in [0.4, 0.5) is 0 Å². The molecule has 0 N–H and O–H groups in total. The Bertz CT molecular complexity index is 694. The maximum absolute atomic E-state index is 12.1. The molecule has 0 fully saturated rings. The molecular weight excluding hydrogens is 388 g/mol. The molecule has 0 aliphatic heterocycles. The number of esters is 1. The van der Waals surface area contributed by atoms with E-state index < -0.39 is 21.7 Å². The van der Waals surface area contributed by atoms with Crippen molar-refractivity contribution < 1.29 is 36.3 Å². The molecule has 1 aromatic carbocycles. The molecule has 0 amide bonds. The van der Waals surface area contributed by atoms with E-state index in [1.54, 1.807) is 45.9 Å². The lowest BCUT2D eigenvalue weighted by atomic mass is 10.2. The van der Waals surface area contributed by atoms with Crippen LogP contribution in [0, 0.1) is 6.92 Å². The quantitative estimate of drug-likeness (QED) is 0.273.